The van der Waals surface area contributed by atoms with Crippen LogP contribution in [0.1, 0.15) is 53.4 Å². The molecule has 1 N–H and O–H groups in total. The van der Waals surface area contributed by atoms with Gasteiger partial charge in [0.25, 0.3) is 5.91 Å². The molecule has 2 atom stereocenters. The molecular weight excluding hydrogens is 324 g/mol. The minimum atomic E-state index is -0.543. The van der Waals surface area contributed by atoms with Gasteiger partial charge in [0.05, 0.1) is 0 Å². The number of carbonyl (C=O) groups is 2. The highest BCUT2D eigenvalue weighted by Gasteiger charge is 2.40. The number of hydrogen-bond donors (Lipinski definition) is 1. The van der Waals surface area contributed by atoms with Gasteiger partial charge in [-0.15, -0.1) is 0 Å². The Hall–Kier alpha value is -2.62. The lowest BCUT2D eigenvalue weighted by atomic mass is 10.0. The van der Waals surface area contributed by atoms with E-state index in [1.165, 1.54) is 11.1 Å². The number of nitrogens with zero attached hydrogens (tertiary/aromatic N) is 1. The number of aryl methyl sites for hydroxylation is 1. The zero-order valence-corrected chi connectivity index (χ0v) is 15.7. The number of amides is 2. The van der Waals surface area contributed by atoms with Crippen molar-refractivity contribution in [3.8, 4) is 0 Å². The highest BCUT2D eigenvalue weighted by atomic mass is 16.2. The molecule has 0 saturated heterocycles. The molecular formula is C22H26N2O2. The molecule has 1 aliphatic heterocycles. The summed E-state index contributed by atoms with van der Waals surface area (Å²) in [7, 11) is 0. The maximum Gasteiger partial charge on any atom is 0.255 e. The van der Waals surface area contributed by atoms with Gasteiger partial charge in [0.2, 0.25) is 5.91 Å². The van der Waals surface area contributed by atoms with Gasteiger partial charge in [-0.2, -0.15) is 0 Å². The van der Waals surface area contributed by atoms with Crippen LogP contribution in [0.2, 0.25) is 0 Å². The molecule has 0 aliphatic carbocycles. The highest BCUT2D eigenvalue weighted by molar-refractivity contribution is 6.04. The van der Waals surface area contributed by atoms with Gasteiger partial charge in [0.1, 0.15) is 6.04 Å². The van der Waals surface area contributed by atoms with Gasteiger partial charge in [-0.3, -0.25) is 9.59 Å². The Morgan fingerprint density at radius 1 is 1.15 bits per heavy atom. The van der Waals surface area contributed by atoms with Crippen LogP contribution in [-0.4, -0.2) is 29.3 Å². The molecule has 2 unspecified atom stereocenters. The first kappa shape index (κ1) is 18.2. The minimum absolute atomic E-state index is 0.0583. The second-order valence-electron chi connectivity index (χ2n) is 7.04. The third-order valence-corrected chi connectivity index (χ3v) is 5.07. The van der Waals surface area contributed by atoms with Crippen molar-refractivity contribution in [3.63, 3.8) is 0 Å². The van der Waals surface area contributed by atoms with Crippen LogP contribution in [0.5, 0.6) is 0 Å². The maximum absolute atomic E-state index is 12.9. The van der Waals surface area contributed by atoms with Crippen molar-refractivity contribution in [2.45, 2.75) is 45.7 Å². The van der Waals surface area contributed by atoms with Crippen LogP contribution < -0.4 is 5.32 Å². The van der Waals surface area contributed by atoms with Crippen molar-refractivity contribution in [1.82, 2.24) is 10.2 Å². The summed E-state index contributed by atoms with van der Waals surface area (Å²) in [5, 5.41) is 3.04. The van der Waals surface area contributed by atoms with Crippen molar-refractivity contribution in [3.05, 3.63) is 70.8 Å². The molecule has 2 amide bonds. The first-order valence-electron chi connectivity index (χ1n) is 9.27. The number of rotatable bonds is 6. The summed E-state index contributed by atoms with van der Waals surface area (Å²) in [6, 6.07) is 15.3. The van der Waals surface area contributed by atoms with Gasteiger partial charge in [-0.25, -0.2) is 0 Å². The molecule has 0 fully saturated rings. The summed E-state index contributed by atoms with van der Waals surface area (Å²) in [4.78, 5) is 27.5. The SMILES string of the molecule is CCC(C)NC(=O)C1c2ccccc2C(=O)N1CCc1ccc(C)cc1. The monoisotopic (exact) mass is 350 g/mol. The number of nitrogens with one attached hydrogen (secondary N) is 1. The lowest BCUT2D eigenvalue weighted by molar-refractivity contribution is -0.126. The summed E-state index contributed by atoms with van der Waals surface area (Å²) in [5.74, 6) is -0.154. The normalized spacial score (nSPS) is 17.1. The molecule has 4 heteroatoms. The van der Waals surface area contributed by atoms with Gasteiger partial charge >= 0.3 is 0 Å². The van der Waals surface area contributed by atoms with E-state index in [9.17, 15) is 9.59 Å². The van der Waals surface area contributed by atoms with Crippen LogP contribution in [0.4, 0.5) is 0 Å². The minimum Gasteiger partial charge on any atom is -0.352 e. The van der Waals surface area contributed by atoms with Gasteiger partial charge in [-0.05, 0) is 43.9 Å². The van der Waals surface area contributed by atoms with Crippen molar-refractivity contribution >= 4 is 11.8 Å². The molecule has 0 spiro atoms. The summed E-state index contributed by atoms with van der Waals surface area (Å²) >= 11 is 0. The molecule has 0 bridgehead atoms. The molecule has 1 aliphatic rings. The van der Waals surface area contributed by atoms with E-state index in [2.05, 4.69) is 36.5 Å². The molecule has 1 heterocycles. The number of hydrogen-bond acceptors (Lipinski definition) is 2. The first-order valence-corrected chi connectivity index (χ1v) is 9.27. The second-order valence-corrected chi connectivity index (χ2v) is 7.04. The van der Waals surface area contributed by atoms with Gasteiger partial charge in [0, 0.05) is 18.2 Å². The van der Waals surface area contributed by atoms with Crippen molar-refractivity contribution < 1.29 is 9.59 Å². The van der Waals surface area contributed by atoms with Crippen LogP contribution in [0.15, 0.2) is 48.5 Å². The van der Waals surface area contributed by atoms with E-state index in [-0.39, 0.29) is 17.9 Å². The number of fused-ring (bicyclic) bond motifs is 1. The van der Waals surface area contributed by atoms with E-state index in [1.807, 2.05) is 38.1 Å². The molecule has 2 aromatic carbocycles. The lowest BCUT2D eigenvalue weighted by Gasteiger charge is -2.26. The van der Waals surface area contributed by atoms with Crippen molar-refractivity contribution in [2.24, 2.45) is 0 Å². The van der Waals surface area contributed by atoms with E-state index in [0.29, 0.717) is 12.1 Å². The quantitative estimate of drug-likeness (QED) is 0.864. The largest absolute Gasteiger partial charge is 0.352 e. The van der Waals surface area contributed by atoms with Crippen LogP contribution >= 0.6 is 0 Å². The molecule has 26 heavy (non-hydrogen) atoms. The van der Waals surface area contributed by atoms with Crippen LogP contribution in [0, 0.1) is 6.92 Å². The third-order valence-electron chi connectivity index (χ3n) is 5.07. The van der Waals surface area contributed by atoms with Gasteiger partial charge in [-0.1, -0.05) is 55.0 Å². The Morgan fingerprint density at radius 2 is 1.85 bits per heavy atom. The fourth-order valence-electron chi connectivity index (χ4n) is 3.31. The zero-order chi connectivity index (χ0) is 18.7. The summed E-state index contributed by atoms with van der Waals surface area (Å²) < 4.78 is 0. The smallest absolute Gasteiger partial charge is 0.255 e. The molecule has 0 saturated carbocycles. The predicted octanol–water partition coefficient (Wildman–Crippen LogP) is 3.65. The van der Waals surface area contributed by atoms with E-state index in [1.54, 1.807) is 4.90 Å². The summed E-state index contributed by atoms with van der Waals surface area (Å²) in [6.07, 6.45) is 1.59. The second kappa shape index (κ2) is 7.73. The van der Waals surface area contributed by atoms with E-state index in [4.69, 9.17) is 0 Å². The summed E-state index contributed by atoms with van der Waals surface area (Å²) in [6.45, 7) is 6.60. The molecule has 136 valence electrons. The topological polar surface area (TPSA) is 49.4 Å². The maximum atomic E-state index is 12.9. The number of benzene rings is 2. The summed E-state index contributed by atoms with van der Waals surface area (Å²) in [5.41, 5.74) is 3.83. The molecule has 4 nitrogen and oxygen atoms in total. The standard InChI is InChI=1S/C22H26N2O2/c1-4-16(3)23-21(25)20-18-7-5-6-8-19(18)22(26)24(20)14-13-17-11-9-15(2)10-12-17/h5-12,16,20H,4,13-14H2,1-3H3,(H,23,25). The number of carbonyl (C=O) groups excluding carboxylic acids is 2. The fourth-order valence-corrected chi connectivity index (χ4v) is 3.31. The van der Waals surface area contributed by atoms with Crippen LogP contribution in [0.3, 0.4) is 0 Å². The van der Waals surface area contributed by atoms with Crippen molar-refractivity contribution in [1.29, 1.82) is 0 Å². The Bertz CT molecular complexity index is 798. The Kier molecular flexibility index (Phi) is 5.40. The van der Waals surface area contributed by atoms with E-state index < -0.39 is 6.04 Å². The van der Waals surface area contributed by atoms with Crippen molar-refractivity contribution in [2.75, 3.05) is 6.54 Å². The lowest BCUT2D eigenvalue weighted by Crippen LogP contribution is -2.43. The highest BCUT2D eigenvalue weighted by Crippen LogP contribution is 2.34. The van der Waals surface area contributed by atoms with Gasteiger partial charge < -0.3 is 10.2 Å². The van der Waals surface area contributed by atoms with Gasteiger partial charge in [0.15, 0.2) is 0 Å². The van der Waals surface area contributed by atoms with Crippen LogP contribution in [0.25, 0.3) is 0 Å². The third kappa shape index (κ3) is 3.64. The molecule has 0 radical (unpaired) electrons. The zero-order valence-electron chi connectivity index (χ0n) is 15.7. The molecule has 2 aromatic rings. The molecule has 3 rings (SSSR count). The first-order chi connectivity index (χ1) is 12.5. The Morgan fingerprint density at radius 3 is 2.54 bits per heavy atom. The van der Waals surface area contributed by atoms with Crippen LogP contribution in [-0.2, 0) is 11.2 Å². The Labute approximate surface area is 155 Å². The molecule has 0 aromatic heterocycles. The fraction of sp³-hybridized carbons (Fsp3) is 0.364. The average molecular weight is 350 g/mol. The van der Waals surface area contributed by atoms with E-state index in [0.717, 1.165) is 18.4 Å². The van der Waals surface area contributed by atoms with E-state index >= 15 is 0 Å². The Balaban J connectivity index is 1.83. The predicted molar refractivity (Wildman–Crippen MR) is 103 cm³/mol. The average Bonchev–Trinajstić information content (AvgIpc) is 2.93.